The fourth-order valence-electron chi connectivity index (χ4n) is 12.0. The number of amides is 3. The maximum Gasteiger partial charge on any atom is 0.364 e. The van der Waals surface area contributed by atoms with Crippen molar-refractivity contribution in [2.75, 3.05) is 46.2 Å². The molecule has 0 saturated carbocycles. The number of carbonyl (C=O) groups excluding carboxylic acids is 3. The first kappa shape index (κ1) is 82.9. The van der Waals surface area contributed by atoms with Gasteiger partial charge >= 0.3 is 11.9 Å². The molecule has 0 aromatic rings. The molecule has 6 aliphatic rings. The van der Waals surface area contributed by atoms with Crippen LogP contribution in [-0.2, 0) is 80.8 Å². The third-order valence-electron chi connectivity index (χ3n) is 17.3. The highest BCUT2D eigenvalue weighted by Gasteiger charge is 2.63. The van der Waals surface area contributed by atoms with Crippen molar-refractivity contribution in [1.29, 1.82) is 0 Å². The van der Waals surface area contributed by atoms with Crippen molar-refractivity contribution in [2.45, 2.75) is 260 Å². The minimum Gasteiger partial charge on any atom is -0.477 e. The van der Waals surface area contributed by atoms with E-state index in [1.165, 1.54) is 6.92 Å². The predicted octanol–water partition coefficient (Wildman–Crippen LogP) is -16.8. The second kappa shape index (κ2) is 35.4. The largest absolute Gasteiger partial charge is 0.477 e. The molecule has 27 N–H and O–H groups in total. The van der Waals surface area contributed by atoms with E-state index >= 15 is 0 Å². The number of hydrogen-bond donors (Lipinski definition) is 27. The van der Waals surface area contributed by atoms with Gasteiger partial charge in [0.15, 0.2) is 25.2 Å². The Bertz CT molecular complexity index is 2580. The van der Waals surface area contributed by atoms with Gasteiger partial charge in [0.1, 0.15) is 153 Å². The molecule has 44 heteroatoms. The van der Waals surface area contributed by atoms with Gasteiger partial charge in [-0.25, -0.2) is 9.59 Å². The van der Waals surface area contributed by atoms with Gasteiger partial charge in [0.2, 0.25) is 17.7 Å². The van der Waals surface area contributed by atoms with Crippen LogP contribution in [0.4, 0.5) is 0 Å². The zero-order valence-electron chi connectivity index (χ0n) is 52.7. The number of aliphatic hydroxyl groups is 22. The molecule has 44 nitrogen and oxygen atoms in total. The summed E-state index contributed by atoms with van der Waals surface area (Å²) >= 11 is 0. The van der Waals surface area contributed by atoms with Crippen LogP contribution in [0, 0.1) is 0 Å². The highest BCUT2D eigenvalue weighted by Crippen LogP contribution is 2.41. The van der Waals surface area contributed by atoms with Crippen molar-refractivity contribution in [2.24, 2.45) is 0 Å². The van der Waals surface area contributed by atoms with Crippen molar-refractivity contribution in [3.8, 4) is 0 Å². The standard InChI is InChI=1S/C54H91N3O41/c1-14-30(73)36(79)37(80)48(88-14)92-40(22(71)9-60)41(23(72)10-61)93-49-38(81)45(33(76)24(11-62)89-49)95-47-29(57-17(4)66)42(35(78)26(91-47)13-87-53(51(83)84)5-18(67)27(55-15(2)64)43(96-53)31(74)20(69)7-58)94-50-39(82)46(34(77)25(12-63)90-50)98-54(52(85)86)6-19(68)28(56-16(3)65)44(97-54)32(75)21(70)8-59/h14,18-50,58-63,67-82H,5-13H2,1-4H3,(H,55,64)(H,56,65)(H,57,66)(H,83,84)(H,85,86)/t14-,18-,19-,20+,21+,22-,23+,24+,25+,26+,27+,28+,29+,30+,31+,32+,33-,34-,35+,36+,37-,38+,39+,40+,41+,42+,43+,44+,45-,46-,47-,48-,49-,50-,53+,54-/m0/s1. The molecule has 0 aliphatic carbocycles. The van der Waals surface area contributed by atoms with E-state index in [-0.39, 0.29) is 0 Å². The summed E-state index contributed by atoms with van der Waals surface area (Å²) in [5, 5.41) is 269. The van der Waals surface area contributed by atoms with Crippen molar-refractivity contribution in [3.05, 3.63) is 0 Å². The Balaban J connectivity index is 1.45. The maximum absolute atomic E-state index is 13.4. The van der Waals surface area contributed by atoms with Gasteiger partial charge in [0.25, 0.3) is 11.6 Å². The fourth-order valence-corrected chi connectivity index (χ4v) is 12.0. The van der Waals surface area contributed by atoms with Crippen LogP contribution in [0.15, 0.2) is 0 Å². The Morgan fingerprint density at radius 1 is 0.449 bits per heavy atom. The predicted molar refractivity (Wildman–Crippen MR) is 302 cm³/mol. The average Bonchev–Trinajstić information content (AvgIpc) is 0.763. The summed E-state index contributed by atoms with van der Waals surface area (Å²) in [5.74, 6) is -13.9. The second-order valence-electron chi connectivity index (χ2n) is 24.4. The SMILES string of the molecule is CC(=O)N[C@H]1[C@H](O[C@H]2[C@@H](O)[C@@H](CO)O[C@@H](O[C@@H]([C@H](O[C@@H]3O[C@@H](C)[C@@H](O)[C@@H](O)[C@@H]3O)[C@@H](O)CO)[C@H](O)CO)[C@@H]2O)O[C@H](CO[C@]2(C(=O)O)C[C@H](O)[C@@H](NC(C)=O)[C@H]([C@H](O)[C@H](O)CO)O2)[C@@H](O)[C@@H]1O[C@@H]1O[C@H](CO)[C@H](O)[C@H](O[C@]2(C(=O)O)C[C@H](O)[C@@H](NC(C)=O)[C@H]([C@H](O)[C@H](O)CO)O2)[C@H]1O. The van der Waals surface area contributed by atoms with E-state index in [1.54, 1.807) is 0 Å². The lowest BCUT2D eigenvalue weighted by Gasteiger charge is -2.52. The number of ether oxygens (including phenoxy) is 12. The van der Waals surface area contributed by atoms with Gasteiger partial charge in [-0.15, -0.1) is 0 Å². The lowest BCUT2D eigenvalue weighted by atomic mass is 9.88. The highest BCUT2D eigenvalue weighted by molar-refractivity contribution is 5.77. The lowest BCUT2D eigenvalue weighted by Crippen LogP contribution is -2.72. The van der Waals surface area contributed by atoms with Crippen LogP contribution in [0.5, 0.6) is 0 Å². The molecule has 36 atom stereocenters. The third kappa shape index (κ3) is 18.5. The monoisotopic (exact) mass is 1440 g/mol. The van der Waals surface area contributed by atoms with Gasteiger partial charge in [0.05, 0.1) is 76.6 Å². The summed E-state index contributed by atoms with van der Waals surface area (Å²) in [6, 6.07) is -5.80. The van der Waals surface area contributed by atoms with Crippen molar-refractivity contribution in [3.63, 3.8) is 0 Å². The lowest BCUT2D eigenvalue weighted by molar-refractivity contribution is -0.390. The van der Waals surface area contributed by atoms with Gasteiger partial charge in [-0.1, -0.05) is 0 Å². The van der Waals surface area contributed by atoms with E-state index in [0.29, 0.717) is 0 Å². The summed E-state index contributed by atoms with van der Waals surface area (Å²) in [5.41, 5.74) is 0. The molecular formula is C54H91N3O41. The molecule has 0 radical (unpaired) electrons. The molecule has 6 fully saturated rings. The van der Waals surface area contributed by atoms with E-state index < -0.39 is 308 Å². The Labute approximate surface area is 554 Å². The summed E-state index contributed by atoms with van der Waals surface area (Å²) in [6.45, 7) is -5.11. The van der Waals surface area contributed by atoms with Crippen LogP contribution < -0.4 is 16.0 Å². The van der Waals surface area contributed by atoms with E-state index in [1.807, 2.05) is 0 Å². The summed E-state index contributed by atoms with van der Waals surface area (Å²) in [7, 11) is 0. The molecule has 6 rings (SSSR count). The number of carboxylic acids is 2. The molecule has 6 saturated heterocycles. The number of aliphatic carboxylic acids is 2. The molecule has 568 valence electrons. The van der Waals surface area contributed by atoms with Gasteiger partial charge in [-0.3, -0.25) is 14.4 Å². The molecule has 0 bridgehead atoms. The van der Waals surface area contributed by atoms with Crippen LogP contribution in [0.1, 0.15) is 40.5 Å². The zero-order valence-corrected chi connectivity index (χ0v) is 52.7. The summed E-state index contributed by atoms with van der Waals surface area (Å²) < 4.78 is 69.6. The van der Waals surface area contributed by atoms with Gasteiger partial charge in [-0.2, -0.15) is 0 Å². The second-order valence-corrected chi connectivity index (χ2v) is 24.4. The number of aliphatic hydroxyl groups excluding tert-OH is 22. The topological polar surface area (TPSA) is 718 Å². The van der Waals surface area contributed by atoms with Gasteiger partial charge < -0.3 is 195 Å². The minimum absolute atomic E-state index is 0.819. The molecule has 0 aromatic carbocycles. The van der Waals surface area contributed by atoms with E-state index in [9.17, 15) is 147 Å². The van der Waals surface area contributed by atoms with Gasteiger partial charge in [-0.05, 0) is 6.92 Å². The molecule has 3 amide bonds. The minimum atomic E-state index is -3.38. The molecular weight excluding hydrogens is 1350 g/mol. The normalized spacial score (nSPS) is 42.6. The van der Waals surface area contributed by atoms with Gasteiger partial charge in [0, 0.05) is 33.6 Å². The van der Waals surface area contributed by atoms with E-state index in [2.05, 4.69) is 16.0 Å². The van der Waals surface area contributed by atoms with E-state index in [0.717, 1.165) is 20.8 Å². The molecule has 6 aliphatic heterocycles. The summed E-state index contributed by atoms with van der Waals surface area (Å²) in [4.78, 5) is 64.6. The zero-order chi connectivity index (χ0) is 73.5. The van der Waals surface area contributed by atoms with E-state index in [4.69, 9.17) is 56.8 Å². The number of rotatable bonds is 31. The van der Waals surface area contributed by atoms with Crippen LogP contribution >= 0.6 is 0 Å². The first-order valence-electron chi connectivity index (χ1n) is 30.7. The third-order valence-corrected chi connectivity index (χ3v) is 17.3. The molecule has 0 spiro atoms. The molecule has 0 aromatic heterocycles. The van der Waals surface area contributed by atoms with Crippen molar-refractivity contribution >= 4 is 29.7 Å². The van der Waals surface area contributed by atoms with Crippen LogP contribution in [0.2, 0.25) is 0 Å². The fraction of sp³-hybridized carbons (Fsp3) is 0.907. The Hall–Kier alpha value is -4.01. The quantitative estimate of drug-likeness (QED) is 0.0306. The van der Waals surface area contributed by atoms with Crippen LogP contribution in [0.25, 0.3) is 0 Å². The molecule has 0 unspecified atom stereocenters. The number of hydrogen-bond acceptors (Lipinski definition) is 39. The Kier molecular flexibility index (Phi) is 30.0. The van der Waals surface area contributed by atoms with Crippen LogP contribution in [0.3, 0.4) is 0 Å². The first-order chi connectivity index (χ1) is 45.9. The number of carbonyl (C=O) groups is 5. The first-order valence-corrected chi connectivity index (χ1v) is 30.7. The molecule has 6 heterocycles. The Morgan fingerprint density at radius 3 is 1.29 bits per heavy atom. The number of carboxylic acid groups (broad SMARTS) is 2. The summed E-state index contributed by atoms with van der Waals surface area (Å²) in [6.07, 6.45) is -72.3. The van der Waals surface area contributed by atoms with Crippen LogP contribution in [-0.4, -0.2) is 418 Å². The smallest absolute Gasteiger partial charge is 0.364 e. The Morgan fingerprint density at radius 2 is 0.837 bits per heavy atom. The molecule has 98 heavy (non-hydrogen) atoms. The highest BCUT2D eigenvalue weighted by atomic mass is 16.8. The number of nitrogens with one attached hydrogen (secondary N) is 3. The average molecular weight is 1440 g/mol. The van der Waals surface area contributed by atoms with Crippen molar-refractivity contribution in [1.82, 2.24) is 16.0 Å². The van der Waals surface area contributed by atoms with Crippen molar-refractivity contribution < 1.29 is 203 Å². The maximum atomic E-state index is 13.4.